The van der Waals surface area contributed by atoms with Gasteiger partial charge in [-0.05, 0) is 13.0 Å². The summed E-state index contributed by atoms with van der Waals surface area (Å²) in [6.45, 7) is 3.97. The van der Waals surface area contributed by atoms with E-state index in [1.54, 1.807) is 0 Å². The minimum atomic E-state index is -0.588. The van der Waals surface area contributed by atoms with Crippen LogP contribution in [0.25, 0.3) is 0 Å². The van der Waals surface area contributed by atoms with E-state index in [1.807, 2.05) is 6.92 Å². The van der Waals surface area contributed by atoms with Crippen molar-refractivity contribution in [2.24, 2.45) is 0 Å². The second-order valence-electron chi connectivity index (χ2n) is 4.40. The second kappa shape index (κ2) is 4.58. The maximum absolute atomic E-state index is 13.9. The Hall–Kier alpha value is -1.20. The summed E-state index contributed by atoms with van der Waals surface area (Å²) >= 11 is 0. The third-order valence-corrected chi connectivity index (χ3v) is 3.13. The van der Waals surface area contributed by atoms with Crippen LogP contribution in [-0.2, 0) is 5.54 Å². The van der Waals surface area contributed by atoms with Crippen LogP contribution in [0.3, 0.4) is 0 Å². The van der Waals surface area contributed by atoms with Crippen LogP contribution in [0.5, 0.6) is 5.75 Å². The Morgan fingerprint density at radius 2 is 2.00 bits per heavy atom. The van der Waals surface area contributed by atoms with Crippen molar-refractivity contribution in [2.45, 2.75) is 12.5 Å². The summed E-state index contributed by atoms with van der Waals surface area (Å²) in [5.74, 6) is -1.07. The zero-order valence-electron chi connectivity index (χ0n) is 9.94. The Bertz CT molecular complexity index is 417. The SMILES string of the molecule is COc1cc(F)c(C2(C)CNCCN2)cc1F. The number of rotatable bonds is 2. The van der Waals surface area contributed by atoms with Gasteiger partial charge in [-0.3, -0.25) is 0 Å². The van der Waals surface area contributed by atoms with E-state index in [9.17, 15) is 8.78 Å². The Balaban J connectivity index is 2.41. The summed E-state index contributed by atoms with van der Waals surface area (Å²) in [5, 5.41) is 6.37. The molecule has 1 aromatic rings. The molecular formula is C12H16F2N2O. The third kappa shape index (κ3) is 2.25. The highest BCUT2D eigenvalue weighted by molar-refractivity contribution is 5.35. The smallest absolute Gasteiger partial charge is 0.165 e. The lowest BCUT2D eigenvalue weighted by Gasteiger charge is -2.36. The van der Waals surface area contributed by atoms with Crippen molar-refractivity contribution in [3.05, 3.63) is 29.3 Å². The molecule has 1 aliphatic rings. The summed E-state index contributed by atoms with van der Waals surface area (Å²) in [6.07, 6.45) is 0. The monoisotopic (exact) mass is 242 g/mol. The number of methoxy groups -OCH3 is 1. The van der Waals surface area contributed by atoms with Gasteiger partial charge in [-0.15, -0.1) is 0 Å². The van der Waals surface area contributed by atoms with Gasteiger partial charge in [-0.2, -0.15) is 0 Å². The number of piperazine rings is 1. The van der Waals surface area contributed by atoms with Crippen molar-refractivity contribution in [1.82, 2.24) is 10.6 Å². The number of hydrogen-bond donors (Lipinski definition) is 2. The number of benzene rings is 1. The molecule has 1 unspecified atom stereocenters. The summed E-state index contributed by atoms with van der Waals surface area (Å²) in [4.78, 5) is 0. The number of nitrogens with one attached hydrogen (secondary N) is 2. The van der Waals surface area contributed by atoms with Gasteiger partial charge in [0, 0.05) is 31.3 Å². The van der Waals surface area contributed by atoms with Gasteiger partial charge >= 0.3 is 0 Å². The lowest BCUT2D eigenvalue weighted by atomic mass is 9.89. The first kappa shape index (κ1) is 12.3. The molecule has 17 heavy (non-hydrogen) atoms. The van der Waals surface area contributed by atoms with E-state index in [-0.39, 0.29) is 5.75 Å². The predicted octanol–water partition coefficient (Wildman–Crippen LogP) is 1.38. The average molecular weight is 242 g/mol. The van der Waals surface area contributed by atoms with Crippen LogP contribution in [0.2, 0.25) is 0 Å². The van der Waals surface area contributed by atoms with Crippen molar-refractivity contribution < 1.29 is 13.5 Å². The van der Waals surface area contributed by atoms with Crippen LogP contribution in [0.4, 0.5) is 8.78 Å². The minimum absolute atomic E-state index is 0.0707. The molecule has 0 bridgehead atoms. The van der Waals surface area contributed by atoms with E-state index in [4.69, 9.17) is 4.74 Å². The molecule has 0 saturated carbocycles. The first-order chi connectivity index (χ1) is 8.07. The van der Waals surface area contributed by atoms with Gasteiger partial charge in [-0.25, -0.2) is 8.78 Å². The minimum Gasteiger partial charge on any atom is -0.494 e. The van der Waals surface area contributed by atoms with Crippen molar-refractivity contribution in [1.29, 1.82) is 0 Å². The fourth-order valence-electron chi connectivity index (χ4n) is 2.13. The summed E-state index contributed by atoms with van der Waals surface area (Å²) in [6, 6.07) is 2.29. The molecule has 1 aliphatic heterocycles. The van der Waals surface area contributed by atoms with Crippen LogP contribution in [0.1, 0.15) is 12.5 Å². The van der Waals surface area contributed by atoms with Gasteiger partial charge in [-0.1, -0.05) is 0 Å². The normalized spacial score (nSPS) is 24.7. The molecule has 1 aromatic carbocycles. The van der Waals surface area contributed by atoms with E-state index in [2.05, 4.69) is 10.6 Å². The predicted molar refractivity (Wildman–Crippen MR) is 61.1 cm³/mol. The molecule has 5 heteroatoms. The highest BCUT2D eigenvalue weighted by Crippen LogP contribution is 2.29. The second-order valence-corrected chi connectivity index (χ2v) is 4.40. The molecule has 1 fully saturated rings. The maximum Gasteiger partial charge on any atom is 0.165 e. The fourth-order valence-corrected chi connectivity index (χ4v) is 2.13. The third-order valence-electron chi connectivity index (χ3n) is 3.13. The molecule has 1 saturated heterocycles. The highest BCUT2D eigenvalue weighted by atomic mass is 19.1. The van der Waals surface area contributed by atoms with Gasteiger partial charge < -0.3 is 15.4 Å². The van der Waals surface area contributed by atoms with Gasteiger partial charge in [0.05, 0.1) is 12.6 Å². The molecule has 0 aromatic heterocycles. The molecule has 2 rings (SSSR count). The summed E-state index contributed by atoms with van der Waals surface area (Å²) in [5.41, 5.74) is -0.266. The van der Waals surface area contributed by atoms with Crippen molar-refractivity contribution in [2.75, 3.05) is 26.7 Å². The molecule has 2 N–H and O–H groups in total. The zero-order valence-corrected chi connectivity index (χ0v) is 9.94. The first-order valence-electron chi connectivity index (χ1n) is 5.56. The average Bonchev–Trinajstić information content (AvgIpc) is 2.32. The Labute approximate surface area is 99.2 Å². The molecular weight excluding hydrogens is 226 g/mol. The zero-order chi connectivity index (χ0) is 12.5. The van der Waals surface area contributed by atoms with Crippen molar-refractivity contribution >= 4 is 0 Å². The Morgan fingerprint density at radius 3 is 2.59 bits per heavy atom. The van der Waals surface area contributed by atoms with E-state index >= 15 is 0 Å². The van der Waals surface area contributed by atoms with Crippen molar-refractivity contribution in [3.8, 4) is 5.75 Å². The highest BCUT2D eigenvalue weighted by Gasteiger charge is 2.32. The van der Waals surface area contributed by atoms with Crippen LogP contribution in [0, 0.1) is 11.6 Å². The van der Waals surface area contributed by atoms with Crippen molar-refractivity contribution in [3.63, 3.8) is 0 Å². The molecule has 0 amide bonds. The molecule has 0 aliphatic carbocycles. The quantitative estimate of drug-likeness (QED) is 0.822. The van der Waals surface area contributed by atoms with Gasteiger partial charge in [0.2, 0.25) is 0 Å². The molecule has 0 spiro atoms. The largest absolute Gasteiger partial charge is 0.494 e. The lowest BCUT2D eigenvalue weighted by Crippen LogP contribution is -2.55. The number of halogens is 2. The van der Waals surface area contributed by atoms with E-state index < -0.39 is 17.2 Å². The van der Waals surface area contributed by atoms with Crippen LogP contribution in [0.15, 0.2) is 12.1 Å². The van der Waals surface area contributed by atoms with E-state index in [0.29, 0.717) is 12.1 Å². The molecule has 1 atom stereocenters. The maximum atomic E-state index is 13.9. The van der Waals surface area contributed by atoms with Gasteiger partial charge in [0.1, 0.15) is 5.82 Å². The topological polar surface area (TPSA) is 33.3 Å². The van der Waals surface area contributed by atoms with Crippen LogP contribution < -0.4 is 15.4 Å². The summed E-state index contributed by atoms with van der Waals surface area (Å²) < 4.78 is 32.3. The van der Waals surface area contributed by atoms with Gasteiger partial charge in [0.25, 0.3) is 0 Å². The number of ether oxygens (including phenoxy) is 1. The summed E-state index contributed by atoms with van der Waals surface area (Å²) in [7, 11) is 1.32. The van der Waals surface area contributed by atoms with E-state index in [0.717, 1.165) is 19.2 Å². The molecule has 3 nitrogen and oxygen atoms in total. The fraction of sp³-hybridized carbons (Fsp3) is 0.500. The molecule has 1 heterocycles. The standard InChI is InChI=1S/C12H16F2N2O/c1-12(7-15-3-4-16-12)8-5-10(14)11(17-2)6-9(8)13/h5-6,15-16H,3-4,7H2,1-2H3. The molecule has 94 valence electrons. The first-order valence-corrected chi connectivity index (χ1v) is 5.56. The Kier molecular flexibility index (Phi) is 3.31. The molecule has 0 radical (unpaired) electrons. The Morgan fingerprint density at radius 1 is 1.24 bits per heavy atom. The lowest BCUT2D eigenvalue weighted by molar-refractivity contribution is 0.290. The number of hydrogen-bond acceptors (Lipinski definition) is 3. The van der Waals surface area contributed by atoms with Crippen LogP contribution in [-0.4, -0.2) is 26.7 Å². The van der Waals surface area contributed by atoms with Crippen LogP contribution >= 0.6 is 0 Å². The van der Waals surface area contributed by atoms with Gasteiger partial charge in [0.15, 0.2) is 11.6 Å². The van der Waals surface area contributed by atoms with E-state index in [1.165, 1.54) is 13.2 Å².